The number of thiocarbonyl (C=S) groups is 1. The Morgan fingerprint density at radius 1 is 1.47 bits per heavy atom. The molecule has 0 aliphatic heterocycles. The van der Waals surface area contributed by atoms with Gasteiger partial charge >= 0.3 is 11.9 Å². The standard InChI is InChI=1S/C12H9N3O3S/c1-2-17-12(16)11-14-10(15-18-11)8-3-5-9(6-4-8)13-7-19/h3-6H,2H2,1H3. The summed E-state index contributed by atoms with van der Waals surface area (Å²) in [5.74, 6) is -0.498. The first-order valence-electron chi connectivity index (χ1n) is 5.43. The van der Waals surface area contributed by atoms with Crippen molar-refractivity contribution in [1.82, 2.24) is 10.1 Å². The maximum Gasteiger partial charge on any atom is 0.397 e. The number of esters is 1. The van der Waals surface area contributed by atoms with Gasteiger partial charge in [-0.05, 0) is 43.4 Å². The number of benzene rings is 1. The highest BCUT2D eigenvalue weighted by molar-refractivity contribution is 7.78. The topological polar surface area (TPSA) is 77.6 Å². The van der Waals surface area contributed by atoms with E-state index in [0.717, 1.165) is 0 Å². The van der Waals surface area contributed by atoms with Crippen LogP contribution in [0.1, 0.15) is 17.6 Å². The molecule has 2 rings (SSSR count). The Bertz CT molecular complexity index is 630. The lowest BCUT2D eigenvalue weighted by molar-refractivity contribution is 0.0470. The molecule has 0 fully saturated rings. The predicted molar refractivity (Wildman–Crippen MR) is 70.4 cm³/mol. The van der Waals surface area contributed by atoms with Gasteiger partial charge in [0.05, 0.1) is 17.5 Å². The molecule has 0 saturated heterocycles. The van der Waals surface area contributed by atoms with Gasteiger partial charge in [0, 0.05) is 5.56 Å². The smallest absolute Gasteiger partial charge is 0.397 e. The maximum absolute atomic E-state index is 11.4. The van der Waals surface area contributed by atoms with Gasteiger partial charge in [-0.3, -0.25) is 0 Å². The number of aromatic nitrogens is 2. The molecule has 0 atom stereocenters. The number of carbonyl (C=O) groups is 1. The summed E-state index contributed by atoms with van der Waals surface area (Å²) in [6.45, 7) is 1.95. The molecule has 0 bridgehead atoms. The SMILES string of the molecule is CCOC(=O)c1nc(-c2ccc(N=C=S)cc2)no1. The molecule has 19 heavy (non-hydrogen) atoms. The van der Waals surface area contributed by atoms with E-state index < -0.39 is 5.97 Å². The summed E-state index contributed by atoms with van der Waals surface area (Å²) in [6.07, 6.45) is 0. The van der Waals surface area contributed by atoms with E-state index in [1.807, 2.05) is 0 Å². The van der Waals surface area contributed by atoms with Crippen LogP contribution in [0.5, 0.6) is 0 Å². The van der Waals surface area contributed by atoms with Crippen molar-refractivity contribution in [2.45, 2.75) is 6.92 Å². The summed E-state index contributed by atoms with van der Waals surface area (Å²) in [6, 6.07) is 6.95. The van der Waals surface area contributed by atoms with Crippen molar-refractivity contribution < 1.29 is 14.1 Å². The normalized spacial score (nSPS) is 9.74. The number of hydrogen-bond acceptors (Lipinski definition) is 7. The molecular formula is C12H9N3O3S. The van der Waals surface area contributed by atoms with E-state index in [1.54, 1.807) is 31.2 Å². The zero-order valence-electron chi connectivity index (χ0n) is 9.99. The predicted octanol–water partition coefficient (Wildman–Crippen LogP) is 2.65. The molecule has 6 nitrogen and oxygen atoms in total. The molecule has 0 aliphatic carbocycles. The molecular weight excluding hydrogens is 266 g/mol. The Labute approximate surface area is 114 Å². The van der Waals surface area contributed by atoms with Crippen LogP contribution in [0.2, 0.25) is 0 Å². The third-order valence-corrected chi connectivity index (χ3v) is 2.27. The van der Waals surface area contributed by atoms with E-state index in [1.165, 1.54) is 0 Å². The molecule has 1 heterocycles. The van der Waals surface area contributed by atoms with Crippen molar-refractivity contribution >= 4 is 29.0 Å². The highest BCUT2D eigenvalue weighted by Crippen LogP contribution is 2.20. The maximum atomic E-state index is 11.4. The second-order valence-corrected chi connectivity index (χ2v) is 3.58. The molecule has 96 valence electrons. The molecule has 0 unspecified atom stereocenters. The van der Waals surface area contributed by atoms with Crippen LogP contribution in [0, 0.1) is 0 Å². The summed E-state index contributed by atoms with van der Waals surface area (Å²) in [5.41, 5.74) is 1.37. The Morgan fingerprint density at radius 3 is 2.84 bits per heavy atom. The minimum absolute atomic E-state index is 0.169. The molecule has 7 heteroatoms. The fourth-order valence-corrected chi connectivity index (χ4v) is 1.46. The van der Waals surface area contributed by atoms with Crippen LogP contribution in [0.15, 0.2) is 33.8 Å². The largest absolute Gasteiger partial charge is 0.459 e. The summed E-state index contributed by atoms with van der Waals surface area (Å²) >= 11 is 4.51. The van der Waals surface area contributed by atoms with Gasteiger partial charge in [-0.2, -0.15) is 9.98 Å². The van der Waals surface area contributed by atoms with Gasteiger partial charge in [0.1, 0.15) is 0 Å². The molecule has 0 aliphatic rings. The highest BCUT2D eigenvalue weighted by atomic mass is 32.1. The Morgan fingerprint density at radius 2 is 2.21 bits per heavy atom. The lowest BCUT2D eigenvalue weighted by Gasteiger charge is -1.95. The zero-order chi connectivity index (χ0) is 13.7. The van der Waals surface area contributed by atoms with E-state index in [0.29, 0.717) is 17.1 Å². The van der Waals surface area contributed by atoms with Crippen molar-refractivity contribution in [3.63, 3.8) is 0 Å². The number of hydrogen-bond donors (Lipinski definition) is 0. The summed E-state index contributed by atoms with van der Waals surface area (Å²) in [7, 11) is 0. The van der Waals surface area contributed by atoms with Crippen LogP contribution >= 0.6 is 12.2 Å². The van der Waals surface area contributed by atoms with Gasteiger partial charge in [-0.1, -0.05) is 5.16 Å². The fraction of sp³-hybridized carbons (Fsp3) is 0.167. The van der Waals surface area contributed by atoms with Crippen LogP contribution in [-0.2, 0) is 4.74 Å². The number of nitrogens with zero attached hydrogens (tertiary/aromatic N) is 3. The van der Waals surface area contributed by atoms with Gasteiger partial charge in [-0.15, -0.1) is 0 Å². The molecule has 1 aromatic heterocycles. The number of isothiocyanates is 1. The minimum atomic E-state index is -0.636. The van der Waals surface area contributed by atoms with Crippen molar-refractivity contribution in [2.75, 3.05) is 6.61 Å². The molecule has 2 aromatic rings. The van der Waals surface area contributed by atoms with Crippen molar-refractivity contribution in [3.05, 3.63) is 30.2 Å². The summed E-state index contributed by atoms with van der Waals surface area (Å²) in [5, 5.41) is 5.99. The first kappa shape index (κ1) is 13.1. The summed E-state index contributed by atoms with van der Waals surface area (Å²) < 4.78 is 9.58. The van der Waals surface area contributed by atoms with Crippen molar-refractivity contribution in [2.24, 2.45) is 4.99 Å². The monoisotopic (exact) mass is 275 g/mol. The molecule has 0 amide bonds. The van der Waals surface area contributed by atoms with Crippen LogP contribution in [0.3, 0.4) is 0 Å². The number of rotatable bonds is 4. The molecule has 0 radical (unpaired) electrons. The third kappa shape index (κ3) is 3.09. The number of ether oxygens (including phenoxy) is 1. The van der Waals surface area contributed by atoms with Crippen molar-refractivity contribution in [3.8, 4) is 11.4 Å². The van der Waals surface area contributed by atoms with E-state index in [-0.39, 0.29) is 12.5 Å². The van der Waals surface area contributed by atoms with Crippen LogP contribution in [0.4, 0.5) is 5.69 Å². The van der Waals surface area contributed by atoms with Gasteiger partial charge < -0.3 is 9.26 Å². The average molecular weight is 275 g/mol. The lowest BCUT2D eigenvalue weighted by Crippen LogP contribution is -2.04. The van der Waals surface area contributed by atoms with Gasteiger partial charge in [0.25, 0.3) is 0 Å². The zero-order valence-corrected chi connectivity index (χ0v) is 10.8. The minimum Gasteiger partial charge on any atom is -0.459 e. The van der Waals surface area contributed by atoms with Crippen LogP contribution in [0.25, 0.3) is 11.4 Å². The lowest BCUT2D eigenvalue weighted by atomic mass is 10.2. The first-order valence-corrected chi connectivity index (χ1v) is 5.84. The average Bonchev–Trinajstić information content (AvgIpc) is 2.90. The number of carbonyl (C=O) groups excluding carboxylic acids is 1. The number of aliphatic imine (C=N–C) groups is 1. The van der Waals surface area contributed by atoms with Gasteiger partial charge in [-0.25, -0.2) is 4.79 Å². The third-order valence-electron chi connectivity index (χ3n) is 2.18. The van der Waals surface area contributed by atoms with Gasteiger partial charge in [0.15, 0.2) is 0 Å². The fourth-order valence-electron chi connectivity index (χ4n) is 1.35. The van der Waals surface area contributed by atoms with E-state index in [4.69, 9.17) is 9.26 Å². The second-order valence-electron chi connectivity index (χ2n) is 3.39. The Balaban J connectivity index is 2.22. The Kier molecular flexibility index (Phi) is 4.12. The van der Waals surface area contributed by atoms with Crippen LogP contribution < -0.4 is 0 Å². The van der Waals surface area contributed by atoms with E-state index in [2.05, 4.69) is 32.5 Å². The quantitative estimate of drug-likeness (QED) is 0.485. The van der Waals surface area contributed by atoms with Crippen molar-refractivity contribution in [1.29, 1.82) is 0 Å². The Hall–Kier alpha value is -2.37. The molecule has 0 saturated carbocycles. The summed E-state index contributed by atoms with van der Waals surface area (Å²) in [4.78, 5) is 19.2. The molecule has 1 aromatic carbocycles. The van der Waals surface area contributed by atoms with E-state index in [9.17, 15) is 4.79 Å². The highest BCUT2D eigenvalue weighted by Gasteiger charge is 2.16. The van der Waals surface area contributed by atoms with E-state index >= 15 is 0 Å². The van der Waals surface area contributed by atoms with Crippen LogP contribution in [-0.4, -0.2) is 27.9 Å². The first-order chi connectivity index (χ1) is 9.24. The molecule has 0 spiro atoms. The van der Waals surface area contributed by atoms with Gasteiger partial charge in [0.2, 0.25) is 5.82 Å². The molecule has 0 N–H and O–H groups in total. The second kappa shape index (κ2) is 5.99.